The molecule has 0 unspecified atom stereocenters. The van der Waals surface area contributed by atoms with Crippen LogP contribution in [0.15, 0.2) is 41.3 Å². The summed E-state index contributed by atoms with van der Waals surface area (Å²) < 4.78 is 45.0. The van der Waals surface area contributed by atoms with Gasteiger partial charge in [0, 0.05) is 12.2 Å². The molecule has 0 heterocycles. The number of benzene rings is 2. The number of likely N-dealkylation sites (N-methyl/N-ethyl adjacent to an activating group) is 1. The highest BCUT2D eigenvalue weighted by atomic mass is 32.2. The average Bonchev–Trinajstić information content (AvgIpc) is 2.63. The van der Waals surface area contributed by atoms with Gasteiger partial charge in [0.25, 0.3) is 0 Å². The topological polar surface area (TPSA) is 87.7 Å². The predicted octanol–water partition coefficient (Wildman–Crippen LogP) is 2.12. The second kappa shape index (κ2) is 9.13. The summed E-state index contributed by atoms with van der Waals surface area (Å²) in [5.41, 5.74) is 1.66. The predicted molar refractivity (Wildman–Crippen MR) is 105 cm³/mol. The van der Waals surface area contributed by atoms with Crippen LogP contribution in [0.3, 0.4) is 0 Å². The van der Waals surface area contributed by atoms with Crippen molar-refractivity contribution < 1.29 is 22.3 Å². The molecule has 0 aromatic heterocycles. The first-order chi connectivity index (χ1) is 13.2. The number of amides is 1. The number of methoxy groups -OCH3 is 1. The van der Waals surface area contributed by atoms with Crippen LogP contribution >= 0.6 is 0 Å². The van der Waals surface area contributed by atoms with E-state index in [1.165, 1.54) is 32.4 Å². The summed E-state index contributed by atoms with van der Waals surface area (Å²) in [6, 6.07) is 9.31. The SMILES string of the molecule is CNS(=O)(=O)c1cc(NC(=O)CN(C)Cc2ccc(OC)c(F)c2)ccc1C. The minimum Gasteiger partial charge on any atom is -0.494 e. The van der Waals surface area contributed by atoms with Gasteiger partial charge in [-0.15, -0.1) is 0 Å². The van der Waals surface area contributed by atoms with Crippen LogP contribution in [0.1, 0.15) is 11.1 Å². The Labute approximate surface area is 164 Å². The van der Waals surface area contributed by atoms with Gasteiger partial charge in [-0.2, -0.15) is 0 Å². The molecule has 2 N–H and O–H groups in total. The Balaban J connectivity index is 2.02. The molecule has 7 nitrogen and oxygen atoms in total. The number of nitrogens with one attached hydrogen (secondary N) is 2. The van der Waals surface area contributed by atoms with E-state index < -0.39 is 15.8 Å². The summed E-state index contributed by atoms with van der Waals surface area (Å²) in [4.78, 5) is 14.1. The van der Waals surface area contributed by atoms with Crippen LogP contribution in [-0.4, -0.2) is 47.0 Å². The van der Waals surface area contributed by atoms with Gasteiger partial charge >= 0.3 is 0 Å². The zero-order chi connectivity index (χ0) is 20.9. The fourth-order valence-corrected chi connectivity index (χ4v) is 3.69. The van der Waals surface area contributed by atoms with Crippen molar-refractivity contribution in [2.75, 3.05) is 33.1 Å². The number of halogens is 1. The lowest BCUT2D eigenvalue weighted by Crippen LogP contribution is -2.30. The number of ether oxygens (including phenoxy) is 1. The number of sulfonamides is 1. The molecule has 2 aromatic rings. The van der Waals surface area contributed by atoms with E-state index in [-0.39, 0.29) is 23.1 Å². The quantitative estimate of drug-likeness (QED) is 0.697. The molecule has 0 aliphatic rings. The van der Waals surface area contributed by atoms with E-state index in [4.69, 9.17) is 4.74 Å². The standard InChI is InChI=1S/C19H24FN3O4S/c1-13-5-7-15(10-18(13)28(25,26)21-2)22-19(24)12-23(3)11-14-6-8-17(27-4)16(20)9-14/h5-10,21H,11-12H2,1-4H3,(H,22,24). The Bertz CT molecular complexity index is 964. The molecular formula is C19H24FN3O4S. The highest BCUT2D eigenvalue weighted by Gasteiger charge is 2.16. The summed E-state index contributed by atoms with van der Waals surface area (Å²) in [6.07, 6.45) is 0. The Morgan fingerprint density at radius 3 is 2.54 bits per heavy atom. The van der Waals surface area contributed by atoms with Gasteiger partial charge < -0.3 is 10.1 Å². The van der Waals surface area contributed by atoms with E-state index in [1.807, 2.05) is 0 Å². The molecule has 0 aliphatic heterocycles. The molecule has 152 valence electrons. The summed E-state index contributed by atoms with van der Waals surface area (Å²) in [5.74, 6) is -0.611. The van der Waals surface area contributed by atoms with Gasteiger partial charge in [-0.25, -0.2) is 17.5 Å². The van der Waals surface area contributed by atoms with Gasteiger partial charge in [0.05, 0.1) is 18.6 Å². The van der Waals surface area contributed by atoms with Crippen molar-refractivity contribution in [1.29, 1.82) is 0 Å². The number of nitrogens with zero attached hydrogens (tertiary/aromatic N) is 1. The molecule has 0 fully saturated rings. The summed E-state index contributed by atoms with van der Waals surface area (Å²) in [7, 11) is 0.838. The molecule has 0 spiro atoms. The lowest BCUT2D eigenvalue weighted by atomic mass is 10.2. The summed E-state index contributed by atoms with van der Waals surface area (Å²) in [5, 5.41) is 2.69. The maximum atomic E-state index is 13.8. The third-order valence-corrected chi connectivity index (χ3v) is 5.67. The van der Waals surface area contributed by atoms with E-state index in [9.17, 15) is 17.6 Å². The second-order valence-corrected chi connectivity index (χ2v) is 8.23. The average molecular weight is 409 g/mol. The van der Waals surface area contributed by atoms with Crippen LogP contribution in [0.2, 0.25) is 0 Å². The highest BCUT2D eigenvalue weighted by molar-refractivity contribution is 7.89. The number of aryl methyl sites for hydroxylation is 1. The van der Waals surface area contributed by atoms with E-state index in [0.717, 1.165) is 0 Å². The Hall–Kier alpha value is -2.49. The fourth-order valence-electron chi connectivity index (χ4n) is 2.70. The first kappa shape index (κ1) is 21.8. The molecule has 0 saturated carbocycles. The van der Waals surface area contributed by atoms with Crippen LogP contribution in [0.5, 0.6) is 5.75 Å². The number of carbonyl (C=O) groups excluding carboxylic acids is 1. The second-order valence-electron chi connectivity index (χ2n) is 6.38. The minimum atomic E-state index is -3.62. The third kappa shape index (κ3) is 5.51. The number of rotatable bonds is 8. The Morgan fingerprint density at radius 1 is 1.21 bits per heavy atom. The monoisotopic (exact) mass is 409 g/mol. The molecule has 1 amide bonds. The molecule has 0 radical (unpaired) electrons. The highest BCUT2D eigenvalue weighted by Crippen LogP contribution is 2.20. The normalized spacial score (nSPS) is 11.5. The van der Waals surface area contributed by atoms with E-state index in [1.54, 1.807) is 37.1 Å². The molecular weight excluding hydrogens is 385 g/mol. The van der Waals surface area contributed by atoms with E-state index in [2.05, 4.69) is 10.0 Å². The molecule has 0 saturated heterocycles. The van der Waals surface area contributed by atoms with Gasteiger partial charge in [-0.1, -0.05) is 12.1 Å². The van der Waals surface area contributed by atoms with Crippen molar-refractivity contribution in [3.05, 3.63) is 53.3 Å². The third-order valence-electron chi connectivity index (χ3n) is 4.11. The molecule has 2 aromatic carbocycles. The molecule has 28 heavy (non-hydrogen) atoms. The Kier molecular flexibility index (Phi) is 7.11. The smallest absolute Gasteiger partial charge is 0.240 e. The van der Waals surface area contributed by atoms with Crippen molar-refractivity contribution in [3.63, 3.8) is 0 Å². The number of carbonyl (C=O) groups is 1. The first-order valence-corrected chi connectivity index (χ1v) is 9.99. The zero-order valence-corrected chi connectivity index (χ0v) is 17.1. The summed E-state index contributed by atoms with van der Waals surface area (Å²) in [6.45, 7) is 2.09. The van der Waals surface area contributed by atoms with Crippen molar-refractivity contribution in [1.82, 2.24) is 9.62 Å². The van der Waals surface area contributed by atoms with Gasteiger partial charge in [0.15, 0.2) is 11.6 Å². The molecule has 0 aliphatic carbocycles. The van der Waals surface area contributed by atoms with Gasteiger partial charge in [-0.05, 0) is 56.4 Å². The van der Waals surface area contributed by atoms with Gasteiger partial charge in [0.2, 0.25) is 15.9 Å². The fraction of sp³-hybridized carbons (Fsp3) is 0.316. The van der Waals surface area contributed by atoms with Crippen molar-refractivity contribution >= 4 is 21.6 Å². The maximum Gasteiger partial charge on any atom is 0.240 e. The van der Waals surface area contributed by atoms with Crippen LogP contribution in [-0.2, 0) is 21.4 Å². The van der Waals surface area contributed by atoms with E-state index >= 15 is 0 Å². The lowest BCUT2D eigenvalue weighted by Gasteiger charge is -2.17. The van der Waals surface area contributed by atoms with Crippen molar-refractivity contribution in [3.8, 4) is 5.75 Å². The van der Waals surface area contributed by atoms with Crippen LogP contribution < -0.4 is 14.8 Å². The van der Waals surface area contributed by atoms with Gasteiger partial charge in [-0.3, -0.25) is 9.69 Å². The molecule has 2 rings (SSSR count). The largest absolute Gasteiger partial charge is 0.494 e. The zero-order valence-electron chi connectivity index (χ0n) is 16.2. The molecule has 0 bridgehead atoms. The van der Waals surface area contributed by atoms with Crippen molar-refractivity contribution in [2.45, 2.75) is 18.4 Å². The van der Waals surface area contributed by atoms with Crippen LogP contribution in [0.25, 0.3) is 0 Å². The maximum absolute atomic E-state index is 13.8. The van der Waals surface area contributed by atoms with Crippen molar-refractivity contribution in [2.24, 2.45) is 0 Å². The number of anilines is 1. The summed E-state index contributed by atoms with van der Waals surface area (Å²) >= 11 is 0. The molecule has 9 heteroatoms. The van der Waals surface area contributed by atoms with Crippen LogP contribution in [0, 0.1) is 12.7 Å². The lowest BCUT2D eigenvalue weighted by molar-refractivity contribution is -0.117. The first-order valence-electron chi connectivity index (χ1n) is 8.51. The van der Waals surface area contributed by atoms with Gasteiger partial charge in [0.1, 0.15) is 0 Å². The Morgan fingerprint density at radius 2 is 1.93 bits per heavy atom. The number of hydrogen-bond donors (Lipinski definition) is 2. The van der Waals surface area contributed by atoms with E-state index in [0.29, 0.717) is 23.4 Å². The molecule has 0 atom stereocenters. The number of hydrogen-bond acceptors (Lipinski definition) is 5. The minimum absolute atomic E-state index is 0.0512. The van der Waals surface area contributed by atoms with Crippen LogP contribution in [0.4, 0.5) is 10.1 Å².